The first-order valence-electron chi connectivity index (χ1n) is 9.89. The maximum Gasteiger partial charge on any atom is 0.146 e. The number of hydrogen-bond donors (Lipinski definition) is 0. The molecule has 140 valence electrons. The van der Waals surface area contributed by atoms with Crippen molar-refractivity contribution in [1.29, 1.82) is 0 Å². The summed E-state index contributed by atoms with van der Waals surface area (Å²) in [5, 5.41) is 1.19. The standard InChI is InChI=1S/C19H27BrN6/c1-23-8-10-24(11-9-23)14-4-6-25(7-5-14)18-17-16(20)12-26(15-2-3-15)19(17)22-13-21-18/h12-15H,2-11H2,1H3. The zero-order chi connectivity index (χ0) is 17.7. The molecule has 1 aliphatic carbocycles. The fourth-order valence-corrected chi connectivity index (χ4v) is 5.10. The molecule has 6 nitrogen and oxygen atoms in total. The fraction of sp³-hybridized carbons (Fsp3) is 0.684. The SMILES string of the molecule is CN1CCN(C2CCN(c3ncnc4c3c(Br)cn4C3CC3)CC2)CC1. The van der Waals surface area contributed by atoms with Crippen molar-refractivity contribution in [3.05, 3.63) is 17.0 Å². The van der Waals surface area contributed by atoms with E-state index in [1.54, 1.807) is 6.33 Å². The number of piperazine rings is 1. The van der Waals surface area contributed by atoms with Gasteiger partial charge in [0.05, 0.1) is 5.39 Å². The van der Waals surface area contributed by atoms with Crippen LogP contribution in [0, 0.1) is 0 Å². The minimum atomic E-state index is 0.634. The van der Waals surface area contributed by atoms with Crippen LogP contribution in [0.15, 0.2) is 17.0 Å². The summed E-state index contributed by atoms with van der Waals surface area (Å²) in [5.74, 6) is 1.11. The summed E-state index contributed by atoms with van der Waals surface area (Å²) in [7, 11) is 2.23. The maximum atomic E-state index is 4.68. The van der Waals surface area contributed by atoms with Crippen molar-refractivity contribution in [1.82, 2.24) is 24.3 Å². The third-order valence-corrected chi connectivity index (χ3v) is 6.90. The number of aromatic nitrogens is 3. The Labute approximate surface area is 163 Å². The molecule has 2 aliphatic heterocycles. The van der Waals surface area contributed by atoms with Crippen molar-refractivity contribution in [2.24, 2.45) is 0 Å². The van der Waals surface area contributed by atoms with Crippen molar-refractivity contribution in [2.75, 3.05) is 51.2 Å². The molecule has 3 fully saturated rings. The number of hydrogen-bond acceptors (Lipinski definition) is 5. The molecule has 1 saturated carbocycles. The highest BCUT2D eigenvalue weighted by Crippen LogP contribution is 2.41. The van der Waals surface area contributed by atoms with Gasteiger partial charge < -0.3 is 14.4 Å². The number of halogens is 1. The van der Waals surface area contributed by atoms with Crippen molar-refractivity contribution < 1.29 is 0 Å². The van der Waals surface area contributed by atoms with Gasteiger partial charge in [0.1, 0.15) is 17.8 Å². The van der Waals surface area contributed by atoms with Gasteiger partial charge in [-0.15, -0.1) is 0 Å². The van der Waals surface area contributed by atoms with E-state index in [0.717, 1.165) is 35.1 Å². The molecule has 0 bridgehead atoms. The molecule has 4 heterocycles. The molecule has 0 spiro atoms. The van der Waals surface area contributed by atoms with E-state index in [1.807, 2.05) is 0 Å². The molecule has 2 saturated heterocycles. The van der Waals surface area contributed by atoms with E-state index in [4.69, 9.17) is 0 Å². The Morgan fingerprint density at radius 2 is 1.65 bits per heavy atom. The topological polar surface area (TPSA) is 40.4 Å². The Hall–Kier alpha value is -1.18. The summed E-state index contributed by atoms with van der Waals surface area (Å²) in [6.45, 7) is 7.01. The van der Waals surface area contributed by atoms with Gasteiger partial charge in [-0.1, -0.05) is 0 Å². The lowest BCUT2D eigenvalue weighted by molar-refractivity contribution is 0.0981. The predicted molar refractivity (Wildman–Crippen MR) is 108 cm³/mol. The number of piperidine rings is 1. The number of anilines is 1. The van der Waals surface area contributed by atoms with Crippen molar-refractivity contribution in [3.8, 4) is 0 Å². The van der Waals surface area contributed by atoms with Crippen molar-refractivity contribution >= 4 is 32.8 Å². The number of likely N-dealkylation sites (N-methyl/N-ethyl adjacent to an activating group) is 1. The lowest BCUT2D eigenvalue weighted by Crippen LogP contribution is -2.52. The van der Waals surface area contributed by atoms with Gasteiger partial charge in [0.25, 0.3) is 0 Å². The van der Waals surface area contributed by atoms with Crippen molar-refractivity contribution in [3.63, 3.8) is 0 Å². The Bertz CT molecular complexity index is 785. The molecule has 0 amide bonds. The molecule has 5 rings (SSSR count). The van der Waals surface area contributed by atoms with Crippen LogP contribution in [-0.2, 0) is 0 Å². The Balaban J connectivity index is 1.34. The van der Waals surface area contributed by atoms with E-state index >= 15 is 0 Å². The molecule has 2 aromatic heterocycles. The van der Waals surface area contributed by atoms with Crippen LogP contribution in [0.1, 0.15) is 31.7 Å². The highest BCUT2D eigenvalue weighted by Gasteiger charge is 2.30. The monoisotopic (exact) mass is 418 g/mol. The molecular weight excluding hydrogens is 392 g/mol. The van der Waals surface area contributed by atoms with Crippen LogP contribution in [0.25, 0.3) is 11.0 Å². The number of rotatable bonds is 3. The van der Waals surface area contributed by atoms with Gasteiger partial charge in [-0.25, -0.2) is 9.97 Å². The summed E-state index contributed by atoms with van der Waals surface area (Å²) in [6.07, 6.45) is 8.96. The van der Waals surface area contributed by atoms with Gasteiger partial charge in [-0.3, -0.25) is 4.90 Å². The largest absolute Gasteiger partial charge is 0.356 e. The molecule has 0 unspecified atom stereocenters. The number of fused-ring (bicyclic) bond motifs is 1. The van der Waals surface area contributed by atoms with Gasteiger partial charge in [0.2, 0.25) is 0 Å². The second-order valence-corrected chi connectivity index (χ2v) is 8.92. The lowest BCUT2D eigenvalue weighted by Gasteiger charge is -2.42. The molecule has 26 heavy (non-hydrogen) atoms. The van der Waals surface area contributed by atoms with E-state index in [0.29, 0.717) is 6.04 Å². The summed E-state index contributed by atoms with van der Waals surface area (Å²) >= 11 is 3.77. The summed E-state index contributed by atoms with van der Waals surface area (Å²) in [6, 6.07) is 1.37. The molecule has 7 heteroatoms. The Morgan fingerprint density at radius 1 is 0.923 bits per heavy atom. The first-order valence-corrected chi connectivity index (χ1v) is 10.7. The van der Waals surface area contributed by atoms with E-state index < -0.39 is 0 Å². The zero-order valence-electron chi connectivity index (χ0n) is 15.4. The van der Waals surface area contributed by atoms with E-state index in [9.17, 15) is 0 Å². The Kier molecular flexibility index (Phi) is 4.41. The van der Waals surface area contributed by atoms with Crippen LogP contribution >= 0.6 is 15.9 Å². The third kappa shape index (κ3) is 3.04. The third-order valence-electron chi connectivity index (χ3n) is 6.30. The van der Waals surface area contributed by atoms with Crippen LogP contribution in [0.2, 0.25) is 0 Å². The summed E-state index contributed by atoms with van der Waals surface area (Å²) in [4.78, 5) is 16.9. The van der Waals surface area contributed by atoms with Crippen LogP contribution in [-0.4, -0.2) is 76.7 Å². The van der Waals surface area contributed by atoms with Gasteiger partial charge in [-0.05, 0) is 48.7 Å². The van der Waals surface area contributed by atoms with E-state index in [1.165, 1.54) is 57.2 Å². The minimum absolute atomic E-state index is 0.634. The summed E-state index contributed by atoms with van der Waals surface area (Å²) in [5.41, 5.74) is 1.09. The normalized spacial score (nSPS) is 23.8. The van der Waals surface area contributed by atoms with Crippen LogP contribution < -0.4 is 4.90 Å². The number of nitrogens with zero attached hydrogens (tertiary/aromatic N) is 6. The average molecular weight is 419 g/mol. The molecule has 0 atom stereocenters. The van der Waals surface area contributed by atoms with Crippen molar-refractivity contribution in [2.45, 2.75) is 37.8 Å². The molecule has 2 aromatic rings. The van der Waals surface area contributed by atoms with Gasteiger partial charge >= 0.3 is 0 Å². The summed E-state index contributed by atoms with van der Waals surface area (Å²) < 4.78 is 3.47. The van der Waals surface area contributed by atoms with Gasteiger partial charge in [-0.2, -0.15) is 0 Å². The smallest absolute Gasteiger partial charge is 0.146 e. The Morgan fingerprint density at radius 3 is 2.35 bits per heavy atom. The lowest BCUT2D eigenvalue weighted by atomic mass is 10.0. The van der Waals surface area contributed by atoms with E-state index in [-0.39, 0.29) is 0 Å². The van der Waals surface area contributed by atoms with Crippen LogP contribution in [0.5, 0.6) is 0 Å². The van der Waals surface area contributed by atoms with Gasteiger partial charge in [0.15, 0.2) is 0 Å². The van der Waals surface area contributed by atoms with Gasteiger partial charge in [0, 0.05) is 62.0 Å². The minimum Gasteiger partial charge on any atom is -0.356 e. The fourth-order valence-electron chi connectivity index (χ4n) is 4.53. The van der Waals surface area contributed by atoms with E-state index in [2.05, 4.69) is 58.4 Å². The second-order valence-electron chi connectivity index (χ2n) is 8.07. The molecule has 0 aromatic carbocycles. The molecule has 0 N–H and O–H groups in total. The molecule has 3 aliphatic rings. The average Bonchev–Trinajstić information content (AvgIpc) is 3.46. The second kappa shape index (κ2) is 6.77. The predicted octanol–water partition coefficient (Wildman–Crippen LogP) is 2.74. The first kappa shape index (κ1) is 17.0. The molecular formula is C19H27BrN6. The quantitative estimate of drug-likeness (QED) is 0.766. The highest BCUT2D eigenvalue weighted by atomic mass is 79.9. The maximum absolute atomic E-state index is 4.68. The highest BCUT2D eigenvalue weighted by molar-refractivity contribution is 9.10. The first-order chi connectivity index (χ1) is 12.7. The van der Waals surface area contributed by atoms with Crippen LogP contribution in [0.3, 0.4) is 0 Å². The van der Waals surface area contributed by atoms with Crippen LogP contribution in [0.4, 0.5) is 5.82 Å². The molecule has 0 radical (unpaired) electrons. The zero-order valence-corrected chi connectivity index (χ0v) is 17.0.